The van der Waals surface area contributed by atoms with Gasteiger partial charge in [-0.3, -0.25) is 4.90 Å². The molecule has 0 aromatic rings. The third kappa shape index (κ3) is 3.64. The highest BCUT2D eigenvalue weighted by atomic mass is 15.3. The number of nitrogens with zero attached hydrogens (tertiary/aromatic N) is 1. The molecule has 1 saturated heterocycles. The molecule has 2 aliphatic carbocycles. The van der Waals surface area contributed by atoms with Crippen molar-refractivity contribution in [2.45, 2.75) is 102 Å². The maximum Gasteiger partial charge on any atom is 0.0309 e. The second-order valence-electron chi connectivity index (χ2n) is 8.35. The molecule has 0 aromatic heterocycles. The third-order valence-corrected chi connectivity index (χ3v) is 6.47. The van der Waals surface area contributed by atoms with E-state index in [1.54, 1.807) is 0 Å². The molecule has 1 spiro atoms. The molecule has 3 rings (SSSR count). The smallest absolute Gasteiger partial charge is 0.0309 e. The standard InChI is InChI=1S/C19H36N2/c1-16(2)18-14-20-19(12-8-5-9-13-19)15-21(18)17-10-6-3-4-7-11-17/h16-18,20H,3-15H2,1-2H3. The third-order valence-electron chi connectivity index (χ3n) is 6.47. The fourth-order valence-corrected chi connectivity index (χ4v) is 5.13. The Kier molecular flexibility index (Phi) is 5.27. The summed E-state index contributed by atoms with van der Waals surface area (Å²) in [5, 5.41) is 4.01. The Morgan fingerprint density at radius 1 is 0.905 bits per heavy atom. The van der Waals surface area contributed by atoms with Crippen LogP contribution in [0.1, 0.15) is 84.5 Å². The molecule has 0 aromatic carbocycles. The fourth-order valence-electron chi connectivity index (χ4n) is 5.13. The Bertz CT molecular complexity index is 312. The topological polar surface area (TPSA) is 15.3 Å². The van der Waals surface area contributed by atoms with Gasteiger partial charge >= 0.3 is 0 Å². The van der Waals surface area contributed by atoms with E-state index in [1.165, 1.54) is 83.7 Å². The quantitative estimate of drug-likeness (QED) is 0.762. The molecule has 0 amide bonds. The largest absolute Gasteiger partial charge is 0.308 e. The minimum atomic E-state index is 0.468. The van der Waals surface area contributed by atoms with Crippen LogP contribution in [-0.4, -0.2) is 35.6 Å². The molecule has 21 heavy (non-hydrogen) atoms. The number of rotatable bonds is 2. The van der Waals surface area contributed by atoms with Crippen molar-refractivity contribution in [3.8, 4) is 0 Å². The summed E-state index contributed by atoms with van der Waals surface area (Å²) in [5.41, 5.74) is 0.468. The first-order valence-corrected chi connectivity index (χ1v) is 9.71. The monoisotopic (exact) mass is 292 g/mol. The normalized spacial score (nSPS) is 32.4. The van der Waals surface area contributed by atoms with Crippen molar-refractivity contribution in [2.24, 2.45) is 5.92 Å². The van der Waals surface area contributed by atoms with Crippen molar-refractivity contribution in [1.82, 2.24) is 10.2 Å². The molecule has 3 fully saturated rings. The van der Waals surface area contributed by atoms with Gasteiger partial charge in [-0.2, -0.15) is 0 Å². The second kappa shape index (κ2) is 7.00. The van der Waals surface area contributed by atoms with Crippen LogP contribution >= 0.6 is 0 Å². The Morgan fingerprint density at radius 3 is 2.14 bits per heavy atom. The second-order valence-corrected chi connectivity index (χ2v) is 8.35. The molecule has 2 nitrogen and oxygen atoms in total. The maximum absolute atomic E-state index is 4.01. The Hall–Kier alpha value is -0.0800. The Morgan fingerprint density at radius 2 is 1.52 bits per heavy atom. The molecule has 1 unspecified atom stereocenters. The van der Waals surface area contributed by atoms with Crippen molar-refractivity contribution in [2.75, 3.05) is 13.1 Å². The molecule has 1 aliphatic heterocycles. The minimum Gasteiger partial charge on any atom is -0.308 e. The van der Waals surface area contributed by atoms with Crippen LogP contribution in [0.4, 0.5) is 0 Å². The molecular formula is C19H36N2. The van der Waals surface area contributed by atoms with Gasteiger partial charge in [0.25, 0.3) is 0 Å². The molecule has 1 atom stereocenters. The van der Waals surface area contributed by atoms with Crippen LogP contribution in [0.25, 0.3) is 0 Å². The van der Waals surface area contributed by atoms with Gasteiger partial charge in [0.05, 0.1) is 0 Å². The van der Waals surface area contributed by atoms with E-state index < -0.39 is 0 Å². The summed E-state index contributed by atoms with van der Waals surface area (Å²) in [7, 11) is 0. The van der Waals surface area contributed by atoms with Gasteiger partial charge in [0.1, 0.15) is 0 Å². The zero-order valence-electron chi connectivity index (χ0n) is 14.4. The maximum atomic E-state index is 4.01. The number of hydrogen-bond donors (Lipinski definition) is 1. The molecule has 1 heterocycles. The van der Waals surface area contributed by atoms with Crippen molar-refractivity contribution >= 4 is 0 Å². The van der Waals surface area contributed by atoms with E-state index in [2.05, 4.69) is 24.1 Å². The predicted molar refractivity (Wildman–Crippen MR) is 90.6 cm³/mol. The van der Waals surface area contributed by atoms with Gasteiger partial charge < -0.3 is 5.32 Å². The lowest BCUT2D eigenvalue weighted by Gasteiger charge is -2.53. The van der Waals surface area contributed by atoms with Gasteiger partial charge in [-0.05, 0) is 31.6 Å². The summed E-state index contributed by atoms with van der Waals surface area (Å²) in [6.07, 6.45) is 16.0. The van der Waals surface area contributed by atoms with Crippen LogP contribution in [0.2, 0.25) is 0 Å². The van der Waals surface area contributed by atoms with E-state index in [4.69, 9.17) is 0 Å². The number of hydrogen-bond acceptors (Lipinski definition) is 2. The van der Waals surface area contributed by atoms with Gasteiger partial charge in [0.15, 0.2) is 0 Å². The van der Waals surface area contributed by atoms with Crippen molar-refractivity contribution in [3.63, 3.8) is 0 Å². The molecule has 2 heteroatoms. The summed E-state index contributed by atoms with van der Waals surface area (Å²) in [4.78, 5) is 2.97. The molecule has 1 N–H and O–H groups in total. The first-order valence-electron chi connectivity index (χ1n) is 9.71. The molecule has 3 aliphatic rings. The van der Waals surface area contributed by atoms with Gasteiger partial charge in [-0.1, -0.05) is 58.8 Å². The number of piperazine rings is 1. The minimum absolute atomic E-state index is 0.468. The Labute approximate surface area is 132 Å². The van der Waals surface area contributed by atoms with E-state index in [0.717, 1.165) is 18.0 Å². The van der Waals surface area contributed by atoms with Gasteiger partial charge in [-0.25, -0.2) is 0 Å². The molecule has 0 bridgehead atoms. The lowest BCUT2D eigenvalue weighted by atomic mass is 9.77. The summed E-state index contributed by atoms with van der Waals surface area (Å²) in [6, 6.07) is 1.64. The lowest BCUT2D eigenvalue weighted by Crippen LogP contribution is -2.67. The molecule has 0 radical (unpaired) electrons. The summed E-state index contributed by atoms with van der Waals surface area (Å²) in [5.74, 6) is 0.779. The van der Waals surface area contributed by atoms with E-state index in [9.17, 15) is 0 Å². The lowest BCUT2D eigenvalue weighted by molar-refractivity contribution is 0.00161. The highest BCUT2D eigenvalue weighted by molar-refractivity contribution is 5.02. The van der Waals surface area contributed by atoms with Gasteiger partial charge in [-0.15, -0.1) is 0 Å². The van der Waals surface area contributed by atoms with E-state index in [-0.39, 0.29) is 0 Å². The summed E-state index contributed by atoms with van der Waals surface area (Å²) >= 11 is 0. The average molecular weight is 293 g/mol. The average Bonchev–Trinajstić information content (AvgIpc) is 2.76. The summed E-state index contributed by atoms with van der Waals surface area (Å²) in [6.45, 7) is 7.42. The highest BCUT2D eigenvalue weighted by Gasteiger charge is 2.42. The fraction of sp³-hybridized carbons (Fsp3) is 1.00. The molecule has 122 valence electrons. The summed E-state index contributed by atoms with van der Waals surface area (Å²) < 4.78 is 0. The van der Waals surface area contributed by atoms with Gasteiger partial charge in [0.2, 0.25) is 0 Å². The van der Waals surface area contributed by atoms with Crippen molar-refractivity contribution in [1.29, 1.82) is 0 Å². The van der Waals surface area contributed by atoms with Crippen molar-refractivity contribution < 1.29 is 0 Å². The van der Waals surface area contributed by atoms with Crippen LogP contribution in [0, 0.1) is 5.92 Å². The first-order chi connectivity index (χ1) is 10.2. The first kappa shape index (κ1) is 15.8. The van der Waals surface area contributed by atoms with Crippen LogP contribution in [-0.2, 0) is 0 Å². The molecular weight excluding hydrogens is 256 g/mol. The van der Waals surface area contributed by atoms with Crippen molar-refractivity contribution in [3.05, 3.63) is 0 Å². The van der Waals surface area contributed by atoms with Crippen LogP contribution in [0.15, 0.2) is 0 Å². The van der Waals surface area contributed by atoms with Crippen LogP contribution in [0.5, 0.6) is 0 Å². The predicted octanol–water partition coefficient (Wildman–Crippen LogP) is 4.34. The van der Waals surface area contributed by atoms with Gasteiger partial charge in [0, 0.05) is 30.7 Å². The highest BCUT2D eigenvalue weighted by Crippen LogP contribution is 2.36. The van der Waals surface area contributed by atoms with E-state index in [0.29, 0.717) is 5.54 Å². The zero-order chi connectivity index (χ0) is 14.7. The van der Waals surface area contributed by atoms with E-state index >= 15 is 0 Å². The van der Waals surface area contributed by atoms with E-state index in [1.807, 2.05) is 0 Å². The number of nitrogens with one attached hydrogen (secondary N) is 1. The Balaban J connectivity index is 1.73. The van der Waals surface area contributed by atoms with Crippen LogP contribution in [0.3, 0.4) is 0 Å². The van der Waals surface area contributed by atoms with Crippen LogP contribution < -0.4 is 5.32 Å². The zero-order valence-corrected chi connectivity index (χ0v) is 14.4. The SMILES string of the molecule is CC(C)C1CNC2(CCCCC2)CN1C1CCCCCC1. The molecule has 2 saturated carbocycles.